The van der Waals surface area contributed by atoms with Gasteiger partial charge in [-0.2, -0.15) is 0 Å². The van der Waals surface area contributed by atoms with Crippen LogP contribution in [-0.2, 0) is 16.0 Å². The van der Waals surface area contributed by atoms with Crippen molar-refractivity contribution >= 4 is 63.4 Å². The van der Waals surface area contributed by atoms with Crippen LogP contribution in [0.2, 0.25) is 0 Å². The van der Waals surface area contributed by atoms with Crippen LogP contribution in [0.4, 0.5) is 39.8 Å². The van der Waals surface area contributed by atoms with Crippen molar-refractivity contribution in [3.8, 4) is 5.75 Å². The van der Waals surface area contributed by atoms with E-state index < -0.39 is 12.1 Å². The van der Waals surface area contributed by atoms with Gasteiger partial charge in [-0.25, -0.2) is 0 Å². The number of anilines is 7. The van der Waals surface area contributed by atoms with E-state index in [1.54, 1.807) is 36.0 Å². The van der Waals surface area contributed by atoms with E-state index in [2.05, 4.69) is 134 Å². The molecule has 5 aromatic carbocycles. The Morgan fingerprint density at radius 3 is 1.85 bits per heavy atom. The van der Waals surface area contributed by atoms with E-state index >= 15 is 0 Å². The summed E-state index contributed by atoms with van der Waals surface area (Å²) in [5, 5.41) is 23.3. The van der Waals surface area contributed by atoms with Crippen molar-refractivity contribution in [2.75, 3.05) is 27.4 Å². The first-order valence-electron chi connectivity index (χ1n) is 19.1. The summed E-state index contributed by atoms with van der Waals surface area (Å²) in [5.74, 6) is -0.237. The maximum absolute atomic E-state index is 13.8. The largest absolute Gasteiger partial charge is 0.508 e. The normalized spacial score (nSPS) is 18.1. The first-order chi connectivity index (χ1) is 26.5. The first kappa shape index (κ1) is 37.7. The Bertz CT molecular complexity index is 2090. The summed E-state index contributed by atoms with van der Waals surface area (Å²) < 4.78 is -0.0504. The van der Waals surface area contributed by atoms with E-state index in [9.17, 15) is 14.7 Å². The predicted octanol–water partition coefficient (Wildman–Crippen LogP) is 9.71. The third-order valence-electron chi connectivity index (χ3n) is 10.3. The summed E-state index contributed by atoms with van der Waals surface area (Å²) in [7, 11) is 0. The number of carbonyl (C=O) groups excluding carboxylic acids is 2. The zero-order valence-electron chi connectivity index (χ0n) is 32.0. The minimum absolute atomic E-state index is 0.0496. The number of amides is 2. The minimum Gasteiger partial charge on any atom is -0.508 e. The summed E-state index contributed by atoms with van der Waals surface area (Å²) in [4.78, 5) is 30.8. The molecule has 0 aromatic heterocycles. The highest BCUT2D eigenvalue weighted by atomic mass is 32.2. The van der Waals surface area contributed by atoms with Gasteiger partial charge in [0.05, 0.1) is 0 Å². The number of fused-ring (bicyclic) bond motifs is 1. The Balaban J connectivity index is 1.05. The maximum atomic E-state index is 13.8. The van der Waals surface area contributed by atoms with Crippen molar-refractivity contribution in [2.45, 2.75) is 75.7 Å². The average molecular weight is 755 g/mol. The maximum Gasteiger partial charge on any atom is 0.249 e. The number of hydrogen-bond acceptors (Lipinski definition) is 8. The standard InChI is InChI=1S/C45H50N6O3S/c1-6-29(3)46-32-16-22-37(23-17-32)51(36-20-8-30(7-2)9-21-36)38-24-18-34(19-25-38)47-33-12-14-35(15-13-33)48-40(31-10-26-39(52)27-11-31)42(53)49-41-43(54)50-28-45(4,5)55-44(41)50/h8-27,29,40-41,44,46-48,52H,6-7,28H2,1-5H3,(H,49,53). The molecule has 7 rings (SSSR count). The second kappa shape index (κ2) is 16.0. The van der Waals surface area contributed by atoms with Gasteiger partial charge in [-0.3, -0.25) is 9.59 Å². The summed E-state index contributed by atoms with van der Waals surface area (Å²) in [6, 6.07) is 39.1. The van der Waals surface area contributed by atoms with Crippen molar-refractivity contribution in [1.29, 1.82) is 0 Å². The van der Waals surface area contributed by atoms with Gasteiger partial charge < -0.3 is 36.2 Å². The molecule has 2 heterocycles. The highest BCUT2D eigenvalue weighted by molar-refractivity contribution is 8.01. The Morgan fingerprint density at radius 1 is 0.782 bits per heavy atom. The number of nitrogens with one attached hydrogen (secondary N) is 4. The number of aryl methyl sites for hydroxylation is 1. The molecule has 0 saturated carbocycles. The van der Waals surface area contributed by atoms with Crippen molar-refractivity contribution in [3.63, 3.8) is 0 Å². The van der Waals surface area contributed by atoms with Crippen molar-refractivity contribution in [2.24, 2.45) is 0 Å². The van der Waals surface area contributed by atoms with Crippen LogP contribution in [0.1, 0.15) is 58.2 Å². The van der Waals surface area contributed by atoms with Crippen molar-refractivity contribution in [1.82, 2.24) is 10.2 Å². The van der Waals surface area contributed by atoms with Crippen LogP contribution in [0.5, 0.6) is 5.75 Å². The van der Waals surface area contributed by atoms with Crippen molar-refractivity contribution in [3.05, 3.63) is 132 Å². The summed E-state index contributed by atoms with van der Waals surface area (Å²) >= 11 is 1.72. The molecule has 0 bridgehead atoms. The van der Waals surface area contributed by atoms with Crippen LogP contribution in [0.25, 0.3) is 0 Å². The molecule has 284 valence electrons. The molecule has 0 spiro atoms. The number of benzene rings is 5. The molecule has 5 N–H and O–H groups in total. The molecule has 0 aliphatic carbocycles. The lowest BCUT2D eigenvalue weighted by atomic mass is 10.0. The lowest BCUT2D eigenvalue weighted by Crippen LogP contribution is -2.67. The molecule has 2 amide bonds. The second-order valence-corrected chi connectivity index (χ2v) is 16.8. The number of phenols is 1. The van der Waals surface area contributed by atoms with E-state index in [4.69, 9.17) is 0 Å². The summed E-state index contributed by atoms with van der Waals surface area (Å²) in [5.41, 5.74) is 8.85. The Kier molecular flexibility index (Phi) is 11.0. The summed E-state index contributed by atoms with van der Waals surface area (Å²) in [6.45, 7) is 11.4. The number of β-lactam (4-membered cyclic amide) rings is 1. The fourth-order valence-electron chi connectivity index (χ4n) is 7.03. The van der Waals surface area contributed by atoms with E-state index in [-0.39, 0.29) is 27.7 Å². The second-order valence-electron chi connectivity index (χ2n) is 15.0. The summed E-state index contributed by atoms with van der Waals surface area (Å²) in [6.07, 6.45) is 2.05. The fraction of sp³-hybridized carbons (Fsp3) is 0.289. The quantitative estimate of drug-likeness (QED) is 0.0714. The van der Waals surface area contributed by atoms with Gasteiger partial charge in [-0.05, 0) is 142 Å². The highest BCUT2D eigenvalue weighted by Gasteiger charge is 2.56. The topological polar surface area (TPSA) is 109 Å². The van der Waals surface area contributed by atoms with Gasteiger partial charge in [0.1, 0.15) is 23.2 Å². The van der Waals surface area contributed by atoms with E-state index in [0.29, 0.717) is 18.2 Å². The number of phenolic OH excluding ortho intramolecular Hbond substituents is 1. The van der Waals surface area contributed by atoms with Crippen LogP contribution < -0.4 is 26.2 Å². The Labute approximate surface area is 328 Å². The number of nitrogens with zero attached hydrogens (tertiary/aromatic N) is 2. The van der Waals surface area contributed by atoms with Gasteiger partial charge in [-0.15, -0.1) is 11.8 Å². The van der Waals surface area contributed by atoms with Crippen LogP contribution in [-0.4, -0.2) is 50.6 Å². The van der Waals surface area contributed by atoms with Gasteiger partial charge in [0, 0.05) is 57.1 Å². The lowest BCUT2D eigenvalue weighted by Gasteiger charge is -2.42. The number of thioether (sulfide) groups is 1. The molecule has 0 radical (unpaired) electrons. The molecule has 2 saturated heterocycles. The average Bonchev–Trinajstić information content (AvgIpc) is 3.49. The van der Waals surface area contributed by atoms with E-state index in [1.165, 1.54) is 5.56 Å². The Morgan fingerprint density at radius 2 is 1.29 bits per heavy atom. The minimum atomic E-state index is -0.776. The molecule has 55 heavy (non-hydrogen) atoms. The van der Waals surface area contributed by atoms with Crippen LogP contribution >= 0.6 is 11.8 Å². The fourth-order valence-corrected chi connectivity index (χ4v) is 8.53. The Hall–Kier alpha value is -5.61. The molecule has 10 heteroatoms. The van der Waals surface area contributed by atoms with E-state index in [0.717, 1.165) is 52.7 Å². The van der Waals surface area contributed by atoms with E-state index in [1.807, 2.05) is 29.2 Å². The molecule has 2 aliphatic rings. The lowest BCUT2D eigenvalue weighted by molar-refractivity contribution is -0.148. The van der Waals surface area contributed by atoms with Gasteiger partial charge in [0.25, 0.3) is 0 Å². The van der Waals surface area contributed by atoms with Crippen LogP contribution in [0.3, 0.4) is 0 Å². The SMILES string of the molecule is CCc1ccc(N(c2ccc(Nc3ccc(NC(C(=O)NC4C(=O)N5CC(C)(C)SC45)c4ccc(O)cc4)cc3)cc2)c2ccc(NC(C)CC)cc2)cc1. The zero-order valence-corrected chi connectivity index (χ0v) is 32.9. The molecular formula is C45H50N6O3S. The molecule has 5 aromatic rings. The highest BCUT2D eigenvalue weighted by Crippen LogP contribution is 2.46. The monoisotopic (exact) mass is 754 g/mol. The molecule has 4 atom stereocenters. The first-order valence-corrected chi connectivity index (χ1v) is 19.9. The molecule has 4 unspecified atom stereocenters. The number of hydrogen-bond donors (Lipinski definition) is 5. The van der Waals surface area contributed by atoms with Crippen molar-refractivity contribution < 1.29 is 14.7 Å². The van der Waals surface area contributed by atoms with Gasteiger partial charge in [0.15, 0.2) is 0 Å². The number of aromatic hydroxyl groups is 1. The van der Waals surface area contributed by atoms with Crippen LogP contribution in [0, 0.1) is 0 Å². The number of carbonyl (C=O) groups is 2. The van der Waals surface area contributed by atoms with Gasteiger partial charge in [-0.1, -0.05) is 38.1 Å². The third-order valence-corrected chi connectivity index (χ3v) is 11.8. The zero-order chi connectivity index (χ0) is 38.7. The third kappa shape index (κ3) is 8.55. The van der Waals surface area contributed by atoms with Gasteiger partial charge in [0.2, 0.25) is 11.8 Å². The predicted molar refractivity (Wildman–Crippen MR) is 227 cm³/mol. The molecular weight excluding hydrogens is 705 g/mol. The number of rotatable bonds is 14. The van der Waals surface area contributed by atoms with Crippen LogP contribution in [0.15, 0.2) is 121 Å². The van der Waals surface area contributed by atoms with Gasteiger partial charge >= 0.3 is 0 Å². The molecule has 2 aliphatic heterocycles. The smallest absolute Gasteiger partial charge is 0.249 e. The molecule has 9 nitrogen and oxygen atoms in total. The molecule has 2 fully saturated rings.